The molecule has 1 amide bonds. The summed E-state index contributed by atoms with van der Waals surface area (Å²) in [6, 6.07) is 26.5. The van der Waals surface area contributed by atoms with Crippen molar-refractivity contribution in [1.29, 1.82) is 0 Å². The number of ether oxygens (including phenoxy) is 1. The fourth-order valence-corrected chi connectivity index (χ4v) is 4.23. The molecule has 1 unspecified atom stereocenters. The molecule has 1 atom stereocenters. The van der Waals surface area contributed by atoms with E-state index in [1.54, 1.807) is 0 Å². The summed E-state index contributed by atoms with van der Waals surface area (Å²) in [4.78, 5) is 17.4. The molecule has 0 N–H and O–H groups in total. The van der Waals surface area contributed by atoms with Crippen LogP contribution in [0.5, 0.6) is 0 Å². The van der Waals surface area contributed by atoms with Crippen LogP contribution in [0.2, 0.25) is 0 Å². The Kier molecular flexibility index (Phi) is 7.17. The standard InChI is InChI=1S/C26H27BrN2O2/c1-28(17-20-6-3-2-4-7-20)18-21-8-5-9-23(16-21)26(30)29-14-15-31-25(19-29)22-10-12-24(27)13-11-22/h2-13,16,25H,14-15,17-19H2,1H3. The molecule has 1 aliphatic rings. The maximum Gasteiger partial charge on any atom is 0.254 e. The Balaban J connectivity index is 1.40. The highest BCUT2D eigenvalue weighted by Gasteiger charge is 2.26. The fourth-order valence-electron chi connectivity index (χ4n) is 3.96. The lowest BCUT2D eigenvalue weighted by Gasteiger charge is -2.33. The summed E-state index contributed by atoms with van der Waals surface area (Å²) in [6.07, 6.45) is -0.0917. The van der Waals surface area contributed by atoms with Gasteiger partial charge in [-0.1, -0.05) is 70.5 Å². The van der Waals surface area contributed by atoms with E-state index in [-0.39, 0.29) is 12.0 Å². The number of carbonyl (C=O) groups is 1. The van der Waals surface area contributed by atoms with Gasteiger partial charge in [-0.2, -0.15) is 0 Å². The van der Waals surface area contributed by atoms with Crippen LogP contribution in [0.1, 0.15) is 33.2 Å². The van der Waals surface area contributed by atoms with E-state index >= 15 is 0 Å². The average molecular weight is 479 g/mol. The van der Waals surface area contributed by atoms with Crippen LogP contribution in [0.15, 0.2) is 83.3 Å². The van der Waals surface area contributed by atoms with E-state index in [1.165, 1.54) is 5.56 Å². The molecule has 1 fully saturated rings. The molecule has 160 valence electrons. The van der Waals surface area contributed by atoms with Crippen molar-refractivity contribution in [3.05, 3.63) is 106 Å². The Hall–Kier alpha value is -2.47. The second-order valence-corrected chi connectivity index (χ2v) is 8.94. The maximum absolute atomic E-state index is 13.2. The molecule has 0 radical (unpaired) electrons. The van der Waals surface area contributed by atoms with Crippen LogP contribution in [-0.4, -0.2) is 42.5 Å². The van der Waals surface area contributed by atoms with Crippen LogP contribution < -0.4 is 0 Å². The number of halogens is 1. The summed E-state index contributed by atoms with van der Waals surface area (Å²) >= 11 is 3.47. The zero-order chi connectivity index (χ0) is 21.6. The Bertz CT molecular complexity index is 1010. The van der Waals surface area contributed by atoms with E-state index in [0.717, 1.165) is 34.3 Å². The highest BCUT2D eigenvalue weighted by Crippen LogP contribution is 2.25. The highest BCUT2D eigenvalue weighted by molar-refractivity contribution is 9.10. The highest BCUT2D eigenvalue weighted by atomic mass is 79.9. The molecule has 1 heterocycles. The molecule has 4 rings (SSSR count). The molecule has 0 bridgehead atoms. The zero-order valence-corrected chi connectivity index (χ0v) is 19.3. The molecule has 5 heteroatoms. The molecule has 3 aromatic rings. The average Bonchev–Trinajstić information content (AvgIpc) is 2.80. The van der Waals surface area contributed by atoms with Crippen molar-refractivity contribution in [2.24, 2.45) is 0 Å². The van der Waals surface area contributed by atoms with Gasteiger partial charge in [0.05, 0.1) is 13.2 Å². The van der Waals surface area contributed by atoms with Crippen LogP contribution in [0, 0.1) is 0 Å². The minimum atomic E-state index is -0.0917. The van der Waals surface area contributed by atoms with Crippen molar-refractivity contribution in [2.75, 3.05) is 26.7 Å². The minimum Gasteiger partial charge on any atom is -0.370 e. The molecule has 3 aromatic carbocycles. The smallest absolute Gasteiger partial charge is 0.254 e. The lowest BCUT2D eigenvalue weighted by Crippen LogP contribution is -2.42. The van der Waals surface area contributed by atoms with Crippen LogP contribution in [-0.2, 0) is 17.8 Å². The Morgan fingerprint density at radius 1 is 1.00 bits per heavy atom. The number of hydrogen-bond acceptors (Lipinski definition) is 3. The molecule has 1 saturated heterocycles. The molecule has 0 saturated carbocycles. The summed E-state index contributed by atoms with van der Waals surface area (Å²) < 4.78 is 6.97. The van der Waals surface area contributed by atoms with Gasteiger partial charge in [0, 0.05) is 29.7 Å². The van der Waals surface area contributed by atoms with Gasteiger partial charge in [0.1, 0.15) is 6.10 Å². The first-order chi connectivity index (χ1) is 15.1. The van der Waals surface area contributed by atoms with Crippen molar-refractivity contribution in [1.82, 2.24) is 9.80 Å². The van der Waals surface area contributed by atoms with Gasteiger partial charge in [-0.25, -0.2) is 0 Å². The predicted molar refractivity (Wildman–Crippen MR) is 127 cm³/mol. The number of nitrogens with zero attached hydrogens (tertiary/aromatic N) is 2. The van der Waals surface area contributed by atoms with Crippen LogP contribution in [0.25, 0.3) is 0 Å². The quantitative estimate of drug-likeness (QED) is 0.482. The van der Waals surface area contributed by atoms with E-state index in [4.69, 9.17) is 4.74 Å². The van der Waals surface area contributed by atoms with Crippen molar-refractivity contribution in [2.45, 2.75) is 19.2 Å². The first-order valence-electron chi connectivity index (χ1n) is 10.6. The normalized spacial score (nSPS) is 16.5. The summed E-state index contributed by atoms with van der Waals surface area (Å²) in [5.74, 6) is 0.0676. The maximum atomic E-state index is 13.2. The zero-order valence-electron chi connectivity index (χ0n) is 17.7. The molecule has 31 heavy (non-hydrogen) atoms. The second kappa shape index (κ2) is 10.2. The Labute approximate surface area is 192 Å². The van der Waals surface area contributed by atoms with Crippen molar-refractivity contribution in [3.63, 3.8) is 0 Å². The third-order valence-electron chi connectivity index (χ3n) is 5.52. The largest absolute Gasteiger partial charge is 0.370 e. The monoisotopic (exact) mass is 478 g/mol. The lowest BCUT2D eigenvalue weighted by molar-refractivity contribution is -0.0228. The van der Waals surface area contributed by atoms with Crippen molar-refractivity contribution < 1.29 is 9.53 Å². The van der Waals surface area contributed by atoms with Crippen molar-refractivity contribution in [3.8, 4) is 0 Å². The summed E-state index contributed by atoms with van der Waals surface area (Å²) in [7, 11) is 2.10. The van der Waals surface area contributed by atoms with Crippen molar-refractivity contribution >= 4 is 21.8 Å². The first-order valence-corrected chi connectivity index (χ1v) is 11.4. The van der Waals surface area contributed by atoms with E-state index in [1.807, 2.05) is 53.4 Å². The SMILES string of the molecule is CN(Cc1ccccc1)Cc1cccc(C(=O)N2CCOC(c3ccc(Br)cc3)C2)c1. The fraction of sp³-hybridized carbons (Fsp3) is 0.269. The summed E-state index contributed by atoms with van der Waals surface area (Å²) in [5.41, 5.74) is 4.26. The Morgan fingerprint density at radius 2 is 1.71 bits per heavy atom. The van der Waals surface area contributed by atoms with Crippen LogP contribution in [0.3, 0.4) is 0 Å². The van der Waals surface area contributed by atoms with E-state index in [2.05, 4.69) is 58.2 Å². The van der Waals surface area contributed by atoms with Gasteiger partial charge in [0.2, 0.25) is 0 Å². The third kappa shape index (κ3) is 5.82. The molecule has 1 aliphatic heterocycles. The second-order valence-electron chi connectivity index (χ2n) is 8.02. The molecular formula is C26H27BrN2O2. The van der Waals surface area contributed by atoms with Gasteiger partial charge in [-0.3, -0.25) is 9.69 Å². The number of morpholine rings is 1. The number of amides is 1. The van der Waals surface area contributed by atoms with E-state index in [9.17, 15) is 4.79 Å². The number of hydrogen-bond donors (Lipinski definition) is 0. The van der Waals surface area contributed by atoms with Crippen LogP contribution >= 0.6 is 15.9 Å². The number of carbonyl (C=O) groups excluding carboxylic acids is 1. The van der Waals surface area contributed by atoms with Gasteiger partial charge in [0.25, 0.3) is 5.91 Å². The van der Waals surface area contributed by atoms with Gasteiger partial charge in [-0.15, -0.1) is 0 Å². The van der Waals surface area contributed by atoms with Gasteiger partial charge in [-0.05, 0) is 48.0 Å². The third-order valence-corrected chi connectivity index (χ3v) is 6.05. The first kappa shape index (κ1) is 21.8. The number of rotatable bonds is 6. The Morgan fingerprint density at radius 3 is 2.48 bits per heavy atom. The lowest BCUT2D eigenvalue weighted by atomic mass is 10.1. The topological polar surface area (TPSA) is 32.8 Å². The van der Waals surface area contributed by atoms with Crippen LogP contribution in [0.4, 0.5) is 0 Å². The molecular weight excluding hydrogens is 452 g/mol. The van der Waals surface area contributed by atoms with E-state index in [0.29, 0.717) is 19.7 Å². The molecule has 0 aromatic heterocycles. The predicted octanol–water partition coefficient (Wildman–Crippen LogP) is 5.29. The molecule has 0 spiro atoms. The van der Waals surface area contributed by atoms with Gasteiger partial charge >= 0.3 is 0 Å². The van der Waals surface area contributed by atoms with Gasteiger partial charge in [0.15, 0.2) is 0 Å². The summed E-state index contributed by atoms with van der Waals surface area (Å²) in [6.45, 7) is 3.40. The van der Waals surface area contributed by atoms with E-state index < -0.39 is 0 Å². The summed E-state index contributed by atoms with van der Waals surface area (Å²) in [5, 5.41) is 0. The number of benzene rings is 3. The molecule has 4 nitrogen and oxygen atoms in total. The molecule has 0 aliphatic carbocycles. The van der Waals surface area contributed by atoms with Gasteiger partial charge < -0.3 is 9.64 Å². The minimum absolute atomic E-state index is 0.0676.